The summed E-state index contributed by atoms with van der Waals surface area (Å²) in [6.45, 7) is 2.30. The molecule has 238 valence electrons. The van der Waals surface area contributed by atoms with Crippen molar-refractivity contribution in [3.63, 3.8) is 0 Å². The average molecular weight is 680 g/mol. The Morgan fingerprint density at radius 2 is 1.42 bits per heavy atom. The largest absolute Gasteiger partial charge is 0.508 e. The molecule has 0 unspecified atom stereocenters. The van der Waals surface area contributed by atoms with E-state index in [4.69, 9.17) is 4.99 Å². The molecule has 2 N–H and O–H groups in total. The number of likely N-dealkylation sites (N-methyl/N-ethyl adjacent to an activating group) is 2. The SMILES string of the molecule is CN(C)CCn1c(O)c2cc(Br)c3c4c2c(c(=NCCc2ccc(O)c(CN(C)C)c2)cc-4c(=O)n(CCN(C)C)c3=O)c1=O. The molecule has 5 rings (SSSR count). The van der Waals surface area contributed by atoms with Crippen LogP contribution in [0.4, 0.5) is 0 Å². The number of aromatic hydroxyl groups is 2. The van der Waals surface area contributed by atoms with Gasteiger partial charge in [0.1, 0.15) is 5.75 Å². The van der Waals surface area contributed by atoms with E-state index < -0.39 is 16.7 Å². The number of hydrogen-bond donors (Lipinski definition) is 2. The molecule has 0 fully saturated rings. The molecular formula is C33H39BrN6O5. The van der Waals surface area contributed by atoms with E-state index >= 15 is 0 Å². The van der Waals surface area contributed by atoms with E-state index in [-0.39, 0.29) is 41.1 Å². The van der Waals surface area contributed by atoms with E-state index in [0.29, 0.717) is 58.8 Å². The number of halogens is 1. The molecule has 0 bridgehead atoms. The summed E-state index contributed by atoms with van der Waals surface area (Å²) in [7, 11) is 11.4. The van der Waals surface area contributed by atoms with Gasteiger partial charge in [-0.1, -0.05) is 12.1 Å². The molecule has 45 heavy (non-hydrogen) atoms. The Bertz CT molecular complexity index is 2090. The highest BCUT2D eigenvalue weighted by Gasteiger charge is 2.28. The summed E-state index contributed by atoms with van der Waals surface area (Å²) in [5, 5.41) is 23.3. The predicted octanol–water partition coefficient (Wildman–Crippen LogP) is 2.16. The summed E-state index contributed by atoms with van der Waals surface area (Å²) in [4.78, 5) is 52.4. The van der Waals surface area contributed by atoms with Gasteiger partial charge >= 0.3 is 0 Å². The summed E-state index contributed by atoms with van der Waals surface area (Å²) >= 11 is 3.54. The van der Waals surface area contributed by atoms with Crippen molar-refractivity contribution >= 4 is 37.5 Å². The lowest BCUT2D eigenvalue weighted by Gasteiger charge is -2.21. The fourth-order valence-corrected chi connectivity index (χ4v) is 6.41. The molecular weight excluding hydrogens is 640 g/mol. The third-order valence-corrected chi connectivity index (χ3v) is 8.71. The zero-order valence-corrected chi connectivity index (χ0v) is 28.1. The van der Waals surface area contributed by atoms with Crippen LogP contribution in [0.1, 0.15) is 11.1 Å². The van der Waals surface area contributed by atoms with Gasteiger partial charge in [-0.05, 0) is 88.4 Å². The van der Waals surface area contributed by atoms with Crippen molar-refractivity contribution in [2.45, 2.75) is 26.1 Å². The van der Waals surface area contributed by atoms with Crippen molar-refractivity contribution in [3.05, 3.63) is 82.4 Å². The van der Waals surface area contributed by atoms with Crippen LogP contribution >= 0.6 is 15.9 Å². The number of nitrogens with zero attached hydrogens (tertiary/aromatic N) is 6. The first-order valence-electron chi connectivity index (χ1n) is 14.8. The van der Waals surface area contributed by atoms with Crippen molar-refractivity contribution in [1.82, 2.24) is 23.8 Å². The Kier molecular flexibility index (Phi) is 9.31. The van der Waals surface area contributed by atoms with Gasteiger partial charge in [-0.25, -0.2) is 0 Å². The number of aromatic nitrogens is 2. The monoisotopic (exact) mass is 678 g/mol. The van der Waals surface area contributed by atoms with E-state index in [1.54, 1.807) is 18.2 Å². The zero-order valence-electron chi connectivity index (χ0n) is 26.5. The molecule has 0 radical (unpaired) electrons. The van der Waals surface area contributed by atoms with Crippen molar-refractivity contribution in [2.75, 3.05) is 61.9 Å². The van der Waals surface area contributed by atoms with E-state index in [1.165, 1.54) is 9.13 Å². The summed E-state index contributed by atoms with van der Waals surface area (Å²) < 4.78 is 2.99. The maximum absolute atomic E-state index is 14.1. The highest BCUT2D eigenvalue weighted by Crippen LogP contribution is 2.40. The predicted molar refractivity (Wildman–Crippen MR) is 181 cm³/mol. The van der Waals surface area contributed by atoms with Gasteiger partial charge < -0.3 is 24.9 Å². The second-order valence-corrected chi connectivity index (χ2v) is 13.2. The van der Waals surface area contributed by atoms with E-state index in [1.807, 2.05) is 69.1 Å². The van der Waals surface area contributed by atoms with Crippen LogP contribution in [0.25, 0.3) is 32.7 Å². The number of phenolic OH excluding ortho intramolecular Hbond substituents is 1. The first kappa shape index (κ1) is 32.6. The number of rotatable bonds is 11. The van der Waals surface area contributed by atoms with Crippen LogP contribution in [-0.4, -0.2) is 96.0 Å². The van der Waals surface area contributed by atoms with Crippen molar-refractivity contribution in [3.8, 4) is 22.8 Å². The van der Waals surface area contributed by atoms with Crippen molar-refractivity contribution in [1.29, 1.82) is 0 Å². The van der Waals surface area contributed by atoms with E-state index in [2.05, 4.69) is 15.9 Å². The standard InChI is InChI=1S/C33H39BrN6O5/c1-36(2)11-13-39-31(43)22-17-24(35-10-9-19-7-8-25(41)20(15-19)18-38(5)6)29-27-21(16-23(34)28(26(22)27)32(39)44)30(42)40(33(29)45)14-12-37(3)4/h7-8,15-17,41-42H,9-14,18H2,1-6H3. The molecule has 0 spiro atoms. The number of benzene rings is 3. The molecule has 3 aromatic rings. The van der Waals surface area contributed by atoms with Gasteiger partial charge in [0.2, 0.25) is 5.88 Å². The molecule has 0 saturated heterocycles. The quantitative estimate of drug-likeness (QED) is 0.204. The smallest absolute Gasteiger partial charge is 0.263 e. The summed E-state index contributed by atoms with van der Waals surface area (Å²) in [6, 6.07) is 8.73. The van der Waals surface area contributed by atoms with Crippen molar-refractivity contribution < 1.29 is 10.2 Å². The first-order valence-corrected chi connectivity index (χ1v) is 15.6. The topological polar surface area (TPSA) is 124 Å². The van der Waals surface area contributed by atoms with Crippen LogP contribution < -0.4 is 22.0 Å². The zero-order chi connectivity index (χ0) is 32.7. The summed E-state index contributed by atoms with van der Waals surface area (Å²) in [5.41, 5.74) is 1.04. The molecule has 11 nitrogen and oxygen atoms in total. The number of phenols is 1. The molecule has 1 aliphatic heterocycles. The highest BCUT2D eigenvalue weighted by molar-refractivity contribution is 9.10. The molecule has 0 amide bonds. The van der Waals surface area contributed by atoms with Crippen LogP contribution in [0.5, 0.6) is 11.6 Å². The number of pyridine rings is 2. The Balaban J connectivity index is 1.79. The minimum atomic E-state index is -0.463. The fraction of sp³-hybridized carbons (Fsp3) is 0.394. The third kappa shape index (κ3) is 6.19. The van der Waals surface area contributed by atoms with Gasteiger partial charge in [0, 0.05) is 65.6 Å². The summed E-state index contributed by atoms with van der Waals surface area (Å²) in [5.74, 6) is 0.000407. The van der Waals surface area contributed by atoms with Crippen molar-refractivity contribution in [2.24, 2.45) is 4.99 Å². The molecule has 0 saturated carbocycles. The molecule has 1 aromatic heterocycles. The summed E-state index contributed by atoms with van der Waals surface area (Å²) in [6.07, 6.45) is 0.531. The third-order valence-electron chi connectivity index (χ3n) is 8.08. The van der Waals surface area contributed by atoms with Crippen LogP contribution in [0.2, 0.25) is 0 Å². The Labute approximate surface area is 269 Å². The van der Waals surface area contributed by atoms with Crippen LogP contribution in [0.3, 0.4) is 0 Å². The average Bonchev–Trinajstić information content (AvgIpc) is 2.96. The molecule has 2 aliphatic rings. The van der Waals surface area contributed by atoms with Gasteiger partial charge in [-0.2, -0.15) is 0 Å². The fourth-order valence-electron chi connectivity index (χ4n) is 5.81. The molecule has 2 heterocycles. The Morgan fingerprint density at radius 3 is 2.07 bits per heavy atom. The van der Waals surface area contributed by atoms with Gasteiger partial charge in [0.05, 0.1) is 21.7 Å². The normalized spacial score (nSPS) is 12.8. The lowest BCUT2D eigenvalue weighted by Crippen LogP contribution is -2.39. The van der Waals surface area contributed by atoms with Crippen LogP contribution in [-0.2, 0) is 26.1 Å². The highest BCUT2D eigenvalue weighted by atomic mass is 79.9. The second kappa shape index (κ2) is 12.9. The van der Waals surface area contributed by atoms with Crippen LogP contribution in [0, 0.1) is 0 Å². The molecule has 0 atom stereocenters. The molecule has 12 heteroatoms. The van der Waals surface area contributed by atoms with Gasteiger partial charge in [0.15, 0.2) is 0 Å². The molecule has 2 aromatic carbocycles. The minimum Gasteiger partial charge on any atom is -0.508 e. The van der Waals surface area contributed by atoms with E-state index in [9.17, 15) is 24.6 Å². The van der Waals surface area contributed by atoms with E-state index in [0.717, 1.165) is 11.1 Å². The maximum Gasteiger partial charge on any atom is 0.263 e. The maximum atomic E-state index is 14.1. The Hall–Kier alpha value is -3.84. The van der Waals surface area contributed by atoms with Gasteiger partial charge in [-0.15, -0.1) is 0 Å². The second-order valence-electron chi connectivity index (χ2n) is 12.3. The van der Waals surface area contributed by atoms with Crippen LogP contribution in [0.15, 0.2) is 54.2 Å². The van der Waals surface area contributed by atoms with Gasteiger partial charge in [-0.3, -0.25) is 28.5 Å². The Morgan fingerprint density at radius 1 is 0.778 bits per heavy atom. The first-order chi connectivity index (χ1) is 21.3. The number of hydrogen-bond acceptors (Lipinski definition) is 9. The molecule has 1 aliphatic carbocycles. The lowest BCUT2D eigenvalue weighted by atomic mass is 9.90. The lowest BCUT2D eigenvalue weighted by molar-refractivity contribution is 0.353. The minimum absolute atomic E-state index is 0.193. The van der Waals surface area contributed by atoms with Gasteiger partial charge in [0.25, 0.3) is 16.7 Å².